The van der Waals surface area contributed by atoms with Crippen LogP contribution in [0.4, 0.5) is 4.39 Å². The van der Waals surface area contributed by atoms with Gasteiger partial charge in [0, 0.05) is 0 Å². The van der Waals surface area contributed by atoms with E-state index in [2.05, 4.69) is 6.07 Å². The normalized spacial score (nSPS) is 11.2. The van der Waals surface area contributed by atoms with Crippen LogP contribution in [0.1, 0.15) is 11.3 Å². The summed E-state index contributed by atoms with van der Waals surface area (Å²) in [4.78, 5) is 0. The van der Waals surface area contributed by atoms with Gasteiger partial charge in [-0.25, -0.2) is 4.39 Å². The van der Waals surface area contributed by atoms with Crippen molar-refractivity contribution in [2.45, 2.75) is 0 Å². The second-order valence-corrected chi connectivity index (χ2v) is 4.72. The minimum atomic E-state index is -0.337. The number of nitrogens with zero attached hydrogens (tertiary/aromatic N) is 1. The molecule has 0 spiro atoms. The maximum absolute atomic E-state index is 13.8. The highest BCUT2D eigenvalue weighted by Gasteiger charge is 2.09. The lowest BCUT2D eigenvalue weighted by atomic mass is 10.1. The third kappa shape index (κ3) is 2.82. The minimum absolute atomic E-state index is 0.337. The Hall–Kier alpha value is -3.12. The largest absolute Gasteiger partial charge is 0.457 e. The Morgan fingerprint density at radius 2 is 1.68 bits per heavy atom. The summed E-state index contributed by atoms with van der Waals surface area (Å²) in [6.07, 6.45) is 1.65. The molecule has 1 heterocycles. The van der Waals surface area contributed by atoms with Crippen LogP contribution in [0, 0.1) is 17.1 Å². The first-order valence-corrected chi connectivity index (χ1v) is 6.80. The van der Waals surface area contributed by atoms with Gasteiger partial charge in [-0.1, -0.05) is 42.5 Å². The molecule has 0 amide bonds. The fraction of sp³-hybridized carbons (Fsp3) is 0. The van der Waals surface area contributed by atoms with Gasteiger partial charge >= 0.3 is 0 Å². The van der Waals surface area contributed by atoms with Gasteiger partial charge in [0.25, 0.3) is 0 Å². The van der Waals surface area contributed by atoms with Crippen LogP contribution in [0.2, 0.25) is 0 Å². The molecule has 0 unspecified atom stereocenters. The van der Waals surface area contributed by atoms with Crippen molar-refractivity contribution in [3.05, 3.63) is 83.9 Å². The van der Waals surface area contributed by atoms with Crippen molar-refractivity contribution in [3.8, 4) is 17.4 Å². The number of halogens is 1. The van der Waals surface area contributed by atoms with Crippen molar-refractivity contribution >= 4 is 11.6 Å². The van der Waals surface area contributed by atoms with Crippen molar-refractivity contribution in [2.75, 3.05) is 0 Å². The van der Waals surface area contributed by atoms with Gasteiger partial charge in [-0.3, -0.25) is 0 Å². The monoisotopic (exact) mass is 289 g/mol. The molecule has 0 aliphatic rings. The molecule has 1 aromatic heterocycles. The fourth-order valence-corrected chi connectivity index (χ4v) is 2.18. The first-order valence-electron chi connectivity index (χ1n) is 6.80. The number of hydrogen-bond donors (Lipinski definition) is 0. The van der Waals surface area contributed by atoms with Gasteiger partial charge in [-0.2, -0.15) is 5.26 Å². The van der Waals surface area contributed by atoms with Crippen LogP contribution < -0.4 is 0 Å². The average Bonchev–Trinajstić information content (AvgIpc) is 3.02. The van der Waals surface area contributed by atoms with E-state index in [4.69, 9.17) is 4.42 Å². The van der Waals surface area contributed by atoms with Gasteiger partial charge in [-0.15, -0.1) is 0 Å². The number of furan rings is 1. The first kappa shape index (κ1) is 13.8. The Morgan fingerprint density at radius 3 is 2.41 bits per heavy atom. The van der Waals surface area contributed by atoms with Crippen molar-refractivity contribution < 1.29 is 8.81 Å². The zero-order valence-corrected chi connectivity index (χ0v) is 11.7. The van der Waals surface area contributed by atoms with E-state index in [1.807, 2.05) is 30.3 Å². The molecular formula is C19H12FNO. The number of nitriles is 1. The van der Waals surface area contributed by atoms with Crippen LogP contribution in [-0.2, 0) is 0 Å². The van der Waals surface area contributed by atoms with E-state index in [9.17, 15) is 9.65 Å². The van der Waals surface area contributed by atoms with Gasteiger partial charge in [-0.05, 0) is 35.9 Å². The summed E-state index contributed by atoms with van der Waals surface area (Å²) in [7, 11) is 0. The lowest BCUT2D eigenvalue weighted by Gasteiger charge is -1.99. The predicted octanol–water partition coefficient (Wildman–Crippen LogP) is 5.15. The lowest BCUT2D eigenvalue weighted by Crippen LogP contribution is -1.81. The summed E-state index contributed by atoms with van der Waals surface area (Å²) in [5, 5.41) is 9.29. The second-order valence-electron chi connectivity index (χ2n) is 4.72. The summed E-state index contributed by atoms with van der Waals surface area (Å²) in [6.45, 7) is 0. The second kappa shape index (κ2) is 6.11. The number of benzene rings is 2. The number of rotatable bonds is 3. The van der Waals surface area contributed by atoms with E-state index in [1.165, 1.54) is 6.07 Å². The lowest BCUT2D eigenvalue weighted by molar-refractivity contribution is 0.561. The molecule has 22 heavy (non-hydrogen) atoms. The van der Waals surface area contributed by atoms with Gasteiger partial charge < -0.3 is 4.42 Å². The standard InChI is InChI=1S/C19H12FNO/c20-18-9-5-4-8-17(18)19-11-10-16(22-19)12-15(13-21)14-6-2-1-3-7-14/h1-12H. The molecule has 0 saturated carbocycles. The van der Waals surface area contributed by atoms with Crippen LogP contribution in [0.3, 0.4) is 0 Å². The average molecular weight is 289 g/mol. The summed E-state index contributed by atoms with van der Waals surface area (Å²) in [5.41, 5.74) is 1.71. The van der Waals surface area contributed by atoms with Gasteiger partial charge in [0.2, 0.25) is 0 Å². The van der Waals surface area contributed by atoms with E-state index in [-0.39, 0.29) is 5.82 Å². The molecule has 2 nitrogen and oxygen atoms in total. The highest BCUT2D eigenvalue weighted by Crippen LogP contribution is 2.26. The quantitative estimate of drug-likeness (QED) is 0.625. The molecule has 0 N–H and O–H groups in total. The fourth-order valence-electron chi connectivity index (χ4n) is 2.18. The Balaban J connectivity index is 1.96. The molecule has 106 valence electrons. The minimum Gasteiger partial charge on any atom is -0.457 e. The molecule has 0 saturated heterocycles. The van der Waals surface area contributed by atoms with Crippen LogP contribution in [-0.4, -0.2) is 0 Å². The third-order valence-corrected chi connectivity index (χ3v) is 3.26. The molecule has 0 fully saturated rings. The van der Waals surface area contributed by atoms with Gasteiger partial charge in [0.1, 0.15) is 17.3 Å². The maximum atomic E-state index is 13.8. The molecule has 0 radical (unpaired) electrons. The van der Waals surface area contributed by atoms with Crippen LogP contribution in [0.25, 0.3) is 23.0 Å². The molecule has 0 aliphatic heterocycles. The molecule has 3 rings (SSSR count). The topological polar surface area (TPSA) is 36.9 Å². The zero-order chi connectivity index (χ0) is 15.4. The molecule has 0 atom stereocenters. The van der Waals surface area contributed by atoms with Gasteiger partial charge in [0.15, 0.2) is 0 Å². The zero-order valence-electron chi connectivity index (χ0n) is 11.7. The maximum Gasteiger partial charge on any atom is 0.137 e. The van der Waals surface area contributed by atoms with Crippen LogP contribution >= 0.6 is 0 Å². The summed E-state index contributed by atoms with van der Waals surface area (Å²) >= 11 is 0. The third-order valence-electron chi connectivity index (χ3n) is 3.26. The SMILES string of the molecule is N#CC(=Cc1ccc(-c2ccccc2F)o1)c1ccccc1. The van der Waals surface area contributed by atoms with Crippen molar-refractivity contribution in [1.29, 1.82) is 5.26 Å². The molecule has 0 bridgehead atoms. The van der Waals surface area contributed by atoms with Gasteiger partial charge in [0.05, 0.1) is 17.2 Å². The van der Waals surface area contributed by atoms with Crippen LogP contribution in [0.15, 0.2) is 71.1 Å². The Labute approximate surface area is 127 Å². The Morgan fingerprint density at radius 1 is 0.955 bits per heavy atom. The predicted molar refractivity (Wildman–Crippen MR) is 84.0 cm³/mol. The number of allylic oxidation sites excluding steroid dienone is 1. The molecule has 3 heteroatoms. The Bertz CT molecular complexity index is 856. The van der Waals surface area contributed by atoms with E-state index >= 15 is 0 Å². The highest BCUT2D eigenvalue weighted by molar-refractivity contribution is 5.88. The van der Waals surface area contributed by atoms with E-state index in [0.717, 1.165) is 5.56 Å². The van der Waals surface area contributed by atoms with E-state index in [0.29, 0.717) is 22.7 Å². The van der Waals surface area contributed by atoms with Crippen molar-refractivity contribution in [3.63, 3.8) is 0 Å². The summed E-state index contributed by atoms with van der Waals surface area (Å²) < 4.78 is 19.4. The van der Waals surface area contributed by atoms with Crippen molar-refractivity contribution in [2.24, 2.45) is 0 Å². The van der Waals surface area contributed by atoms with Crippen LogP contribution in [0.5, 0.6) is 0 Å². The smallest absolute Gasteiger partial charge is 0.137 e. The highest BCUT2D eigenvalue weighted by atomic mass is 19.1. The Kier molecular flexibility index (Phi) is 3.84. The summed E-state index contributed by atoms with van der Waals surface area (Å²) in [5.74, 6) is 0.615. The summed E-state index contributed by atoms with van der Waals surface area (Å²) in [6, 6.07) is 21.3. The van der Waals surface area contributed by atoms with E-state index < -0.39 is 0 Å². The van der Waals surface area contributed by atoms with E-state index in [1.54, 1.807) is 36.4 Å². The first-order chi connectivity index (χ1) is 10.8. The molecule has 0 aliphatic carbocycles. The molecule has 3 aromatic rings. The molecular weight excluding hydrogens is 277 g/mol. The van der Waals surface area contributed by atoms with Crippen molar-refractivity contribution in [1.82, 2.24) is 0 Å². The number of hydrogen-bond acceptors (Lipinski definition) is 2. The molecule has 2 aromatic carbocycles.